The Morgan fingerprint density at radius 1 is 1.00 bits per heavy atom. The van der Waals surface area contributed by atoms with Gasteiger partial charge in [-0.2, -0.15) is 0 Å². The molecule has 0 atom stereocenters. The summed E-state index contributed by atoms with van der Waals surface area (Å²) in [6, 6.07) is 6.53. The van der Waals surface area contributed by atoms with Crippen LogP contribution in [0.5, 0.6) is 0 Å². The Bertz CT molecular complexity index is 861. The fourth-order valence-electron chi connectivity index (χ4n) is 4.35. The van der Waals surface area contributed by atoms with Gasteiger partial charge < -0.3 is 25.6 Å². The summed E-state index contributed by atoms with van der Waals surface area (Å²) in [5.74, 6) is 1.58. The predicted molar refractivity (Wildman–Crippen MR) is 127 cm³/mol. The van der Waals surface area contributed by atoms with E-state index in [4.69, 9.17) is 10.5 Å². The molecule has 31 heavy (non-hydrogen) atoms. The van der Waals surface area contributed by atoms with Gasteiger partial charge in [0.1, 0.15) is 12.0 Å². The number of hydrogen-bond donors (Lipinski definition) is 2. The van der Waals surface area contributed by atoms with Crippen molar-refractivity contribution in [3.63, 3.8) is 0 Å². The average Bonchev–Trinajstić information content (AvgIpc) is 2.80. The second-order valence-corrected chi connectivity index (χ2v) is 8.39. The number of nitrogen functional groups attached to an aromatic ring is 1. The number of nitrogens with zero attached hydrogens (tertiary/aromatic N) is 5. The predicted octanol–water partition coefficient (Wildman–Crippen LogP) is 2.14. The molecule has 0 amide bonds. The van der Waals surface area contributed by atoms with E-state index >= 15 is 0 Å². The number of benzene rings is 1. The molecule has 2 aliphatic rings. The number of aromatic nitrogens is 2. The van der Waals surface area contributed by atoms with E-state index in [1.165, 1.54) is 16.8 Å². The first kappa shape index (κ1) is 21.6. The van der Waals surface area contributed by atoms with Crippen LogP contribution in [0.2, 0.25) is 0 Å². The Hall–Kier alpha value is -2.58. The fourth-order valence-corrected chi connectivity index (χ4v) is 4.35. The number of morpholine rings is 1. The lowest BCUT2D eigenvalue weighted by molar-refractivity contribution is 0.0378. The van der Waals surface area contributed by atoms with Crippen LogP contribution in [0.25, 0.3) is 0 Å². The SMILES string of the molecule is Cc1cccc(N2CCN(c3ncnc(NCCCN4CCOCC4)c3N)CC2)c1C. The van der Waals surface area contributed by atoms with Crippen molar-refractivity contribution in [3.05, 3.63) is 35.7 Å². The van der Waals surface area contributed by atoms with Gasteiger partial charge in [-0.3, -0.25) is 4.90 Å². The van der Waals surface area contributed by atoms with Crippen molar-refractivity contribution in [3.8, 4) is 0 Å². The topological polar surface area (TPSA) is 82.8 Å². The van der Waals surface area contributed by atoms with Crippen molar-refractivity contribution in [2.45, 2.75) is 20.3 Å². The van der Waals surface area contributed by atoms with E-state index in [2.05, 4.69) is 62.0 Å². The second-order valence-electron chi connectivity index (χ2n) is 8.39. The van der Waals surface area contributed by atoms with E-state index in [-0.39, 0.29) is 0 Å². The van der Waals surface area contributed by atoms with Gasteiger partial charge in [0.2, 0.25) is 0 Å². The molecule has 2 fully saturated rings. The molecule has 0 spiro atoms. The monoisotopic (exact) mass is 425 g/mol. The van der Waals surface area contributed by atoms with Gasteiger partial charge in [-0.1, -0.05) is 12.1 Å². The summed E-state index contributed by atoms with van der Waals surface area (Å²) in [7, 11) is 0. The Labute approximate surface area is 185 Å². The molecule has 0 aliphatic carbocycles. The number of piperazine rings is 1. The lowest BCUT2D eigenvalue weighted by Crippen LogP contribution is -2.47. The lowest BCUT2D eigenvalue weighted by Gasteiger charge is -2.38. The van der Waals surface area contributed by atoms with Crippen LogP contribution in [0.1, 0.15) is 17.5 Å². The van der Waals surface area contributed by atoms with Crippen LogP contribution < -0.4 is 20.9 Å². The molecule has 3 N–H and O–H groups in total. The third kappa shape index (κ3) is 5.19. The first-order chi connectivity index (χ1) is 15.1. The highest BCUT2D eigenvalue weighted by Gasteiger charge is 2.22. The molecule has 2 aromatic rings. The van der Waals surface area contributed by atoms with E-state index in [1.807, 2.05) is 0 Å². The highest BCUT2D eigenvalue weighted by Crippen LogP contribution is 2.29. The Balaban J connectivity index is 1.31. The zero-order valence-corrected chi connectivity index (χ0v) is 18.8. The van der Waals surface area contributed by atoms with Gasteiger partial charge in [-0.05, 0) is 44.0 Å². The van der Waals surface area contributed by atoms with E-state index in [1.54, 1.807) is 6.33 Å². The first-order valence-electron chi connectivity index (χ1n) is 11.3. The van der Waals surface area contributed by atoms with Gasteiger partial charge in [0.05, 0.1) is 13.2 Å². The van der Waals surface area contributed by atoms with Crippen LogP contribution in [0.15, 0.2) is 24.5 Å². The number of hydrogen-bond acceptors (Lipinski definition) is 8. The van der Waals surface area contributed by atoms with Crippen LogP contribution in [-0.4, -0.2) is 80.4 Å². The number of ether oxygens (including phenoxy) is 1. The average molecular weight is 426 g/mol. The lowest BCUT2D eigenvalue weighted by atomic mass is 10.1. The molecule has 0 unspecified atom stereocenters. The van der Waals surface area contributed by atoms with Gasteiger partial charge in [0, 0.05) is 51.5 Å². The molecule has 1 aromatic carbocycles. The molecule has 8 nitrogen and oxygen atoms in total. The maximum absolute atomic E-state index is 6.46. The van der Waals surface area contributed by atoms with Gasteiger partial charge in [0.25, 0.3) is 0 Å². The molecule has 0 radical (unpaired) electrons. The summed E-state index contributed by atoms with van der Waals surface area (Å²) < 4.78 is 5.41. The summed E-state index contributed by atoms with van der Waals surface area (Å²) in [6.45, 7) is 13.7. The molecule has 3 heterocycles. The normalized spacial score (nSPS) is 17.7. The summed E-state index contributed by atoms with van der Waals surface area (Å²) in [6.07, 6.45) is 2.67. The standard InChI is InChI=1S/C23H35N7O/c1-18-5-3-6-20(19(18)2)29-9-11-30(12-10-29)23-21(24)22(26-17-27-23)25-7-4-8-28-13-15-31-16-14-28/h3,5-6,17H,4,7-16,24H2,1-2H3,(H,25,26,27). The smallest absolute Gasteiger partial charge is 0.157 e. The second kappa shape index (κ2) is 10.2. The highest BCUT2D eigenvalue weighted by molar-refractivity contribution is 5.75. The van der Waals surface area contributed by atoms with E-state index in [0.29, 0.717) is 5.69 Å². The Kier molecular flexibility index (Phi) is 7.09. The number of nitrogens with two attached hydrogens (primary N) is 1. The first-order valence-corrected chi connectivity index (χ1v) is 11.3. The molecule has 1 aromatic heterocycles. The largest absolute Gasteiger partial charge is 0.393 e. The maximum atomic E-state index is 6.46. The number of nitrogens with one attached hydrogen (secondary N) is 1. The van der Waals surface area contributed by atoms with Gasteiger partial charge in [-0.25, -0.2) is 9.97 Å². The molecule has 2 aliphatic heterocycles. The molecule has 168 valence electrons. The van der Waals surface area contributed by atoms with Crippen molar-refractivity contribution >= 4 is 23.0 Å². The van der Waals surface area contributed by atoms with Gasteiger partial charge in [-0.15, -0.1) is 0 Å². The minimum absolute atomic E-state index is 0.647. The molecule has 0 bridgehead atoms. The molecule has 4 rings (SSSR count). The number of anilines is 4. The summed E-state index contributed by atoms with van der Waals surface area (Å²) in [5, 5.41) is 3.41. The summed E-state index contributed by atoms with van der Waals surface area (Å²) >= 11 is 0. The van der Waals surface area contributed by atoms with Crippen LogP contribution in [0.4, 0.5) is 23.0 Å². The van der Waals surface area contributed by atoms with Crippen LogP contribution >= 0.6 is 0 Å². The van der Waals surface area contributed by atoms with Crippen LogP contribution in [-0.2, 0) is 4.74 Å². The number of aryl methyl sites for hydroxylation is 1. The Morgan fingerprint density at radius 2 is 1.74 bits per heavy atom. The minimum Gasteiger partial charge on any atom is -0.393 e. The van der Waals surface area contributed by atoms with E-state index in [0.717, 1.165) is 83.6 Å². The minimum atomic E-state index is 0.647. The van der Waals surface area contributed by atoms with Crippen molar-refractivity contribution in [2.24, 2.45) is 0 Å². The summed E-state index contributed by atoms with van der Waals surface area (Å²) in [4.78, 5) is 16.1. The van der Waals surface area contributed by atoms with Crippen molar-refractivity contribution < 1.29 is 4.74 Å². The third-order valence-electron chi connectivity index (χ3n) is 6.41. The summed E-state index contributed by atoms with van der Waals surface area (Å²) in [5.41, 5.74) is 11.1. The van der Waals surface area contributed by atoms with E-state index in [9.17, 15) is 0 Å². The zero-order valence-electron chi connectivity index (χ0n) is 18.8. The van der Waals surface area contributed by atoms with Gasteiger partial charge >= 0.3 is 0 Å². The third-order valence-corrected chi connectivity index (χ3v) is 6.41. The molecule has 0 saturated carbocycles. The highest BCUT2D eigenvalue weighted by atomic mass is 16.5. The number of rotatable bonds is 7. The van der Waals surface area contributed by atoms with E-state index < -0.39 is 0 Å². The Morgan fingerprint density at radius 3 is 2.52 bits per heavy atom. The van der Waals surface area contributed by atoms with Crippen molar-refractivity contribution in [2.75, 3.05) is 86.4 Å². The van der Waals surface area contributed by atoms with Crippen molar-refractivity contribution in [1.29, 1.82) is 0 Å². The van der Waals surface area contributed by atoms with Crippen LogP contribution in [0, 0.1) is 13.8 Å². The van der Waals surface area contributed by atoms with Gasteiger partial charge in [0.15, 0.2) is 11.6 Å². The molecule has 8 heteroatoms. The molecular formula is C23H35N7O. The van der Waals surface area contributed by atoms with Crippen molar-refractivity contribution in [1.82, 2.24) is 14.9 Å². The zero-order chi connectivity index (χ0) is 21.6. The molecule has 2 saturated heterocycles. The maximum Gasteiger partial charge on any atom is 0.157 e. The van der Waals surface area contributed by atoms with Crippen LogP contribution in [0.3, 0.4) is 0 Å². The fraction of sp³-hybridized carbons (Fsp3) is 0.565. The quantitative estimate of drug-likeness (QED) is 0.653. The molecular weight excluding hydrogens is 390 g/mol.